The van der Waals surface area contributed by atoms with Crippen LogP contribution in [0.4, 0.5) is 0 Å². The lowest BCUT2D eigenvalue weighted by molar-refractivity contribution is -0.154. The van der Waals surface area contributed by atoms with Gasteiger partial charge in [-0.1, -0.05) is 6.08 Å². The Hall–Kier alpha value is -0.830. The molecule has 1 heterocycles. The van der Waals surface area contributed by atoms with Crippen molar-refractivity contribution in [3.63, 3.8) is 0 Å². The summed E-state index contributed by atoms with van der Waals surface area (Å²) in [5.74, 6) is -0.182. The first-order valence-electron chi connectivity index (χ1n) is 6.68. The van der Waals surface area contributed by atoms with Gasteiger partial charge in [0, 0.05) is 29.5 Å². The Kier molecular flexibility index (Phi) is 4.26. The zero-order chi connectivity index (χ0) is 14.1. The first-order valence-corrected chi connectivity index (χ1v) is 6.68. The third kappa shape index (κ3) is 3.14. The van der Waals surface area contributed by atoms with E-state index in [2.05, 4.69) is 39.6 Å². The van der Waals surface area contributed by atoms with Gasteiger partial charge in [-0.2, -0.15) is 0 Å². The highest BCUT2D eigenvalue weighted by Crippen LogP contribution is 2.38. The molecule has 1 aliphatic rings. The predicted molar refractivity (Wildman–Crippen MR) is 74.5 cm³/mol. The van der Waals surface area contributed by atoms with Gasteiger partial charge in [0.05, 0.1) is 0 Å². The molecule has 1 fully saturated rings. The lowest BCUT2D eigenvalue weighted by atomic mass is 9.79. The van der Waals surface area contributed by atoms with Gasteiger partial charge < -0.3 is 4.74 Å². The van der Waals surface area contributed by atoms with E-state index in [-0.39, 0.29) is 23.2 Å². The van der Waals surface area contributed by atoms with E-state index < -0.39 is 0 Å². The number of nitrogens with zero attached hydrogens (tertiary/aromatic N) is 1. The summed E-state index contributed by atoms with van der Waals surface area (Å²) in [4.78, 5) is 14.2. The maximum absolute atomic E-state index is 11.8. The molecule has 0 N–H and O–H groups in total. The van der Waals surface area contributed by atoms with Crippen molar-refractivity contribution in [1.82, 2.24) is 4.90 Å². The van der Waals surface area contributed by atoms with Crippen LogP contribution in [-0.2, 0) is 9.53 Å². The number of esters is 1. The van der Waals surface area contributed by atoms with Gasteiger partial charge in [0.15, 0.2) is 0 Å². The zero-order valence-corrected chi connectivity index (χ0v) is 12.8. The normalized spacial score (nSPS) is 24.9. The van der Waals surface area contributed by atoms with Crippen molar-refractivity contribution in [2.24, 2.45) is 0 Å². The molecule has 18 heavy (non-hydrogen) atoms. The summed E-state index contributed by atoms with van der Waals surface area (Å²) in [5, 5.41) is 0. The Morgan fingerprint density at radius 1 is 1.22 bits per heavy atom. The van der Waals surface area contributed by atoms with E-state index in [1.165, 1.54) is 0 Å². The quantitative estimate of drug-likeness (QED) is 0.559. The SMILES string of the molecule is CC=C(C)C(=O)OC1CC(C)(C)N(C)C(C)(C)C1. The molecule has 0 saturated carbocycles. The Morgan fingerprint density at radius 3 is 2.06 bits per heavy atom. The second kappa shape index (κ2) is 5.04. The minimum atomic E-state index is -0.182. The van der Waals surface area contributed by atoms with Crippen LogP contribution >= 0.6 is 0 Å². The molecule has 3 heteroatoms. The van der Waals surface area contributed by atoms with Gasteiger partial charge in [0.1, 0.15) is 6.10 Å². The molecular weight excluding hydrogens is 226 g/mol. The van der Waals surface area contributed by atoms with Gasteiger partial charge in [-0.15, -0.1) is 0 Å². The molecule has 0 unspecified atom stereocenters. The predicted octanol–water partition coefficient (Wildman–Crippen LogP) is 3.15. The Bertz CT molecular complexity index is 338. The lowest BCUT2D eigenvalue weighted by Crippen LogP contribution is -2.60. The molecule has 0 amide bonds. The van der Waals surface area contributed by atoms with Crippen molar-refractivity contribution in [2.75, 3.05) is 7.05 Å². The van der Waals surface area contributed by atoms with Crippen molar-refractivity contribution >= 4 is 5.97 Å². The van der Waals surface area contributed by atoms with E-state index in [4.69, 9.17) is 4.74 Å². The van der Waals surface area contributed by atoms with E-state index in [1.807, 2.05) is 6.92 Å². The molecule has 1 aliphatic heterocycles. The number of carbonyl (C=O) groups excluding carboxylic acids is 1. The van der Waals surface area contributed by atoms with Crippen LogP contribution in [0.3, 0.4) is 0 Å². The Labute approximate surface area is 111 Å². The Morgan fingerprint density at radius 2 is 1.67 bits per heavy atom. The van der Waals surface area contributed by atoms with E-state index in [9.17, 15) is 4.79 Å². The van der Waals surface area contributed by atoms with Crippen molar-refractivity contribution in [1.29, 1.82) is 0 Å². The second-order valence-electron chi connectivity index (χ2n) is 6.59. The minimum Gasteiger partial charge on any atom is -0.459 e. The smallest absolute Gasteiger partial charge is 0.333 e. The van der Waals surface area contributed by atoms with E-state index in [0.717, 1.165) is 12.8 Å². The molecule has 0 radical (unpaired) electrons. The van der Waals surface area contributed by atoms with Crippen LogP contribution in [0.5, 0.6) is 0 Å². The highest BCUT2D eigenvalue weighted by Gasteiger charge is 2.44. The number of likely N-dealkylation sites (tertiary alicyclic amines) is 1. The number of hydrogen-bond acceptors (Lipinski definition) is 3. The molecule has 0 aromatic rings. The summed E-state index contributed by atoms with van der Waals surface area (Å²) >= 11 is 0. The van der Waals surface area contributed by atoms with Gasteiger partial charge in [-0.3, -0.25) is 4.90 Å². The van der Waals surface area contributed by atoms with Gasteiger partial charge in [-0.05, 0) is 48.6 Å². The molecular formula is C15H27NO2. The topological polar surface area (TPSA) is 29.5 Å². The fourth-order valence-electron chi connectivity index (χ4n) is 2.73. The molecule has 3 nitrogen and oxygen atoms in total. The molecule has 104 valence electrons. The fourth-order valence-corrected chi connectivity index (χ4v) is 2.73. The summed E-state index contributed by atoms with van der Waals surface area (Å²) in [6.07, 6.45) is 3.58. The highest BCUT2D eigenvalue weighted by molar-refractivity contribution is 5.87. The van der Waals surface area contributed by atoms with Crippen molar-refractivity contribution in [3.05, 3.63) is 11.6 Å². The van der Waals surface area contributed by atoms with E-state index >= 15 is 0 Å². The lowest BCUT2D eigenvalue weighted by Gasteiger charge is -2.53. The summed E-state index contributed by atoms with van der Waals surface area (Å²) < 4.78 is 5.63. The summed E-state index contributed by atoms with van der Waals surface area (Å²) in [5.41, 5.74) is 0.789. The van der Waals surface area contributed by atoms with Crippen LogP contribution in [0, 0.1) is 0 Å². The van der Waals surface area contributed by atoms with Crippen LogP contribution in [0.1, 0.15) is 54.4 Å². The third-order valence-corrected chi connectivity index (χ3v) is 4.30. The molecule has 0 aromatic heterocycles. The maximum atomic E-state index is 11.8. The van der Waals surface area contributed by atoms with Crippen LogP contribution < -0.4 is 0 Å². The van der Waals surface area contributed by atoms with Crippen molar-refractivity contribution in [3.8, 4) is 0 Å². The van der Waals surface area contributed by atoms with E-state index in [0.29, 0.717) is 5.57 Å². The molecule has 0 bridgehead atoms. The molecule has 0 spiro atoms. The van der Waals surface area contributed by atoms with Crippen LogP contribution in [-0.4, -0.2) is 35.1 Å². The van der Waals surface area contributed by atoms with Gasteiger partial charge in [0.25, 0.3) is 0 Å². The van der Waals surface area contributed by atoms with Crippen LogP contribution in [0.25, 0.3) is 0 Å². The van der Waals surface area contributed by atoms with Gasteiger partial charge in [0.2, 0.25) is 0 Å². The number of allylic oxidation sites excluding steroid dienone is 1. The largest absolute Gasteiger partial charge is 0.459 e. The highest BCUT2D eigenvalue weighted by atomic mass is 16.5. The molecule has 1 rings (SSSR count). The van der Waals surface area contributed by atoms with Crippen LogP contribution in [0.2, 0.25) is 0 Å². The standard InChI is InChI=1S/C15H27NO2/c1-8-11(2)13(17)18-12-9-14(3,4)16(7)15(5,6)10-12/h8,12H,9-10H2,1-7H3. The van der Waals surface area contributed by atoms with Crippen molar-refractivity contribution in [2.45, 2.75) is 71.6 Å². The molecule has 0 aliphatic carbocycles. The minimum absolute atomic E-state index is 0.00796. The van der Waals surface area contributed by atoms with Gasteiger partial charge in [-0.25, -0.2) is 4.79 Å². The van der Waals surface area contributed by atoms with Crippen LogP contribution in [0.15, 0.2) is 11.6 Å². The molecule has 1 saturated heterocycles. The summed E-state index contributed by atoms with van der Waals surface area (Å²) in [7, 11) is 2.15. The fraction of sp³-hybridized carbons (Fsp3) is 0.800. The number of rotatable bonds is 2. The number of hydrogen-bond donors (Lipinski definition) is 0. The average Bonchev–Trinajstić information content (AvgIpc) is 2.23. The molecule has 0 aromatic carbocycles. The van der Waals surface area contributed by atoms with Crippen molar-refractivity contribution < 1.29 is 9.53 Å². The zero-order valence-electron chi connectivity index (χ0n) is 12.8. The molecule has 0 atom stereocenters. The summed E-state index contributed by atoms with van der Waals surface area (Å²) in [6.45, 7) is 12.5. The monoisotopic (exact) mass is 253 g/mol. The average molecular weight is 253 g/mol. The van der Waals surface area contributed by atoms with E-state index in [1.54, 1.807) is 13.0 Å². The first kappa shape index (κ1) is 15.2. The summed E-state index contributed by atoms with van der Waals surface area (Å²) in [6, 6.07) is 0. The Balaban J connectivity index is 2.79. The number of piperidine rings is 1. The first-order chi connectivity index (χ1) is 8.10. The number of carbonyl (C=O) groups is 1. The maximum Gasteiger partial charge on any atom is 0.333 e. The second-order valence-corrected chi connectivity index (χ2v) is 6.59. The number of ether oxygens (including phenoxy) is 1. The van der Waals surface area contributed by atoms with Gasteiger partial charge >= 0.3 is 5.97 Å². The third-order valence-electron chi connectivity index (χ3n) is 4.30.